The molecule has 0 atom stereocenters. The minimum Gasteiger partial charge on any atom is -0.491 e. The van der Waals surface area contributed by atoms with Crippen LogP contribution in [0, 0.1) is 29.2 Å². The summed E-state index contributed by atoms with van der Waals surface area (Å²) >= 11 is 0. The number of benzene rings is 2. The highest BCUT2D eigenvalue weighted by Gasteiger charge is 2.27. The largest absolute Gasteiger partial charge is 0.491 e. The molecule has 0 heterocycles. The maximum atomic E-state index is 14.8. The summed E-state index contributed by atoms with van der Waals surface area (Å²) < 4.78 is 63.1. The van der Waals surface area contributed by atoms with E-state index in [1.807, 2.05) is 13.0 Å². The number of hydrogen-bond acceptors (Lipinski definition) is 1. The molecular weight excluding hydrogens is 368 g/mol. The second-order valence-corrected chi connectivity index (χ2v) is 7.14. The fourth-order valence-electron chi connectivity index (χ4n) is 3.99. The molecule has 0 N–H and O–H groups in total. The molecule has 0 bridgehead atoms. The molecule has 1 nitrogen and oxygen atoms in total. The van der Waals surface area contributed by atoms with E-state index in [4.69, 9.17) is 4.74 Å². The van der Waals surface area contributed by atoms with Gasteiger partial charge in [-0.25, -0.2) is 13.2 Å². The molecule has 0 aromatic heterocycles. The highest BCUT2D eigenvalue weighted by Crippen LogP contribution is 2.40. The Morgan fingerprint density at radius 1 is 0.857 bits per heavy atom. The Labute approximate surface area is 163 Å². The van der Waals surface area contributed by atoms with Crippen molar-refractivity contribution in [3.05, 3.63) is 65.2 Å². The lowest BCUT2D eigenvalue weighted by Crippen LogP contribution is -2.13. The average Bonchev–Trinajstić information content (AvgIpc) is 2.69. The van der Waals surface area contributed by atoms with Gasteiger partial charge in [0.05, 0.1) is 6.61 Å². The van der Waals surface area contributed by atoms with E-state index in [-0.39, 0.29) is 29.4 Å². The third-order valence-electron chi connectivity index (χ3n) is 5.43. The van der Waals surface area contributed by atoms with Crippen LogP contribution in [0.15, 0.2) is 36.4 Å². The van der Waals surface area contributed by atoms with Crippen LogP contribution < -0.4 is 4.74 Å². The van der Waals surface area contributed by atoms with Crippen molar-refractivity contribution in [1.82, 2.24) is 0 Å². The fraction of sp³-hybridized carbons (Fsp3) is 0.391. The maximum Gasteiger partial charge on any atom is 0.201 e. The zero-order valence-electron chi connectivity index (χ0n) is 16.1. The predicted octanol–water partition coefficient (Wildman–Crippen LogP) is 7.16. The molecule has 0 amide bonds. The van der Waals surface area contributed by atoms with Crippen LogP contribution in [-0.2, 0) is 0 Å². The van der Waals surface area contributed by atoms with Crippen LogP contribution in [0.4, 0.5) is 17.6 Å². The Balaban J connectivity index is 1.90. The maximum absolute atomic E-state index is 14.8. The third-order valence-corrected chi connectivity index (χ3v) is 5.43. The predicted molar refractivity (Wildman–Crippen MR) is 102 cm³/mol. The number of allylic oxidation sites excluding steroid dienone is 2. The summed E-state index contributed by atoms with van der Waals surface area (Å²) in [5, 5.41) is 0. The van der Waals surface area contributed by atoms with Crippen LogP contribution >= 0.6 is 0 Å². The van der Waals surface area contributed by atoms with E-state index in [2.05, 4.69) is 6.08 Å². The molecule has 1 fully saturated rings. The first-order valence-corrected chi connectivity index (χ1v) is 9.69. The van der Waals surface area contributed by atoms with Crippen molar-refractivity contribution in [1.29, 1.82) is 0 Å². The Morgan fingerprint density at radius 3 is 2.07 bits per heavy atom. The van der Waals surface area contributed by atoms with Gasteiger partial charge in [-0.3, -0.25) is 0 Å². The van der Waals surface area contributed by atoms with E-state index in [0.29, 0.717) is 11.5 Å². The standard InChI is InChI=1S/C23H24F4O/c1-3-5-14-6-8-15(9-7-14)16-10-11-17(21(25)20(16)24)18-12-13-19(28-4-2)23(27)22(18)26/h3,5,10-15H,4,6-9H2,1-2H3. The molecule has 1 aliphatic carbocycles. The Kier molecular flexibility index (Phi) is 6.42. The van der Waals surface area contributed by atoms with E-state index in [0.717, 1.165) is 25.7 Å². The number of ether oxygens (including phenoxy) is 1. The Hall–Kier alpha value is -2.30. The summed E-state index contributed by atoms with van der Waals surface area (Å²) in [7, 11) is 0. The van der Waals surface area contributed by atoms with Crippen molar-refractivity contribution in [3.8, 4) is 16.9 Å². The quantitative estimate of drug-likeness (QED) is 0.387. The van der Waals surface area contributed by atoms with Crippen molar-refractivity contribution in [2.45, 2.75) is 45.4 Å². The summed E-state index contributed by atoms with van der Waals surface area (Å²) in [6, 6.07) is 5.28. The van der Waals surface area contributed by atoms with Gasteiger partial charge in [-0.15, -0.1) is 0 Å². The minimum atomic E-state index is -1.25. The van der Waals surface area contributed by atoms with E-state index < -0.39 is 23.3 Å². The number of rotatable bonds is 5. The molecule has 3 rings (SSSR count). The smallest absolute Gasteiger partial charge is 0.201 e. The van der Waals surface area contributed by atoms with Crippen LogP contribution in [0.3, 0.4) is 0 Å². The van der Waals surface area contributed by atoms with E-state index in [1.54, 1.807) is 6.92 Å². The molecule has 0 unspecified atom stereocenters. The molecule has 0 saturated heterocycles. The molecule has 0 spiro atoms. The van der Waals surface area contributed by atoms with Crippen LogP contribution in [-0.4, -0.2) is 6.61 Å². The van der Waals surface area contributed by atoms with Gasteiger partial charge in [0, 0.05) is 11.1 Å². The van der Waals surface area contributed by atoms with Gasteiger partial charge in [-0.2, -0.15) is 4.39 Å². The highest BCUT2D eigenvalue weighted by atomic mass is 19.2. The lowest BCUT2D eigenvalue weighted by Gasteiger charge is -2.27. The van der Waals surface area contributed by atoms with Gasteiger partial charge < -0.3 is 4.74 Å². The monoisotopic (exact) mass is 392 g/mol. The third kappa shape index (κ3) is 3.94. The zero-order chi connectivity index (χ0) is 20.3. The zero-order valence-corrected chi connectivity index (χ0v) is 16.1. The molecule has 1 aliphatic rings. The topological polar surface area (TPSA) is 9.23 Å². The lowest BCUT2D eigenvalue weighted by atomic mass is 9.78. The molecule has 150 valence electrons. The lowest BCUT2D eigenvalue weighted by molar-refractivity contribution is 0.314. The van der Waals surface area contributed by atoms with E-state index in [1.165, 1.54) is 24.3 Å². The highest BCUT2D eigenvalue weighted by molar-refractivity contribution is 5.66. The number of hydrogen-bond donors (Lipinski definition) is 0. The van der Waals surface area contributed by atoms with Gasteiger partial charge >= 0.3 is 0 Å². The molecule has 28 heavy (non-hydrogen) atoms. The summed E-state index contributed by atoms with van der Waals surface area (Å²) in [4.78, 5) is 0. The van der Waals surface area contributed by atoms with Gasteiger partial charge in [0.2, 0.25) is 5.82 Å². The van der Waals surface area contributed by atoms with Gasteiger partial charge in [0.15, 0.2) is 23.2 Å². The van der Waals surface area contributed by atoms with Crippen molar-refractivity contribution in [3.63, 3.8) is 0 Å². The van der Waals surface area contributed by atoms with Crippen molar-refractivity contribution >= 4 is 0 Å². The first-order valence-electron chi connectivity index (χ1n) is 9.69. The average molecular weight is 392 g/mol. The van der Waals surface area contributed by atoms with Crippen molar-refractivity contribution < 1.29 is 22.3 Å². The number of halogens is 4. The van der Waals surface area contributed by atoms with Gasteiger partial charge in [-0.1, -0.05) is 24.3 Å². The van der Waals surface area contributed by atoms with Crippen LogP contribution in [0.1, 0.15) is 51.0 Å². The van der Waals surface area contributed by atoms with Crippen molar-refractivity contribution in [2.24, 2.45) is 5.92 Å². The van der Waals surface area contributed by atoms with Gasteiger partial charge in [0.1, 0.15) is 0 Å². The second kappa shape index (κ2) is 8.80. The normalized spacial score (nSPS) is 19.9. The summed E-state index contributed by atoms with van der Waals surface area (Å²) in [6.07, 6.45) is 7.57. The van der Waals surface area contributed by atoms with E-state index in [9.17, 15) is 17.6 Å². The molecule has 5 heteroatoms. The van der Waals surface area contributed by atoms with E-state index >= 15 is 0 Å². The second-order valence-electron chi connectivity index (χ2n) is 7.14. The molecular formula is C23H24F4O. The van der Waals surface area contributed by atoms with Crippen LogP contribution in [0.25, 0.3) is 11.1 Å². The first-order chi connectivity index (χ1) is 13.5. The summed E-state index contributed by atoms with van der Waals surface area (Å²) in [6.45, 7) is 3.79. The van der Waals surface area contributed by atoms with Gasteiger partial charge in [-0.05, 0) is 69.1 Å². The van der Waals surface area contributed by atoms with Crippen LogP contribution in [0.5, 0.6) is 5.75 Å². The molecule has 2 aromatic rings. The molecule has 0 radical (unpaired) electrons. The summed E-state index contributed by atoms with van der Waals surface area (Å²) in [5.74, 6) is -4.40. The van der Waals surface area contributed by atoms with Gasteiger partial charge in [0.25, 0.3) is 0 Å². The Bertz CT molecular complexity index is 867. The van der Waals surface area contributed by atoms with Crippen LogP contribution in [0.2, 0.25) is 0 Å². The first kappa shape index (κ1) is 20.4. The molecule has 0 aliphatic heterocycles. The molecule has 1 saturated carbocycles. The van der Waals surface area contributed by atoms with Crippen molar-refractivity contribution in [2.75, 3.05) is 6.61 Å². The summed E-state index contributed by atoms with van der Waals surface area (Å²) in [5.41, 5.74) is -0.295. The minimum absolute atomic E-state index is 0.0630. The Morgan fingerprint density at radius 2 is 1.46 bits per heavy atom. The SMILES string of the molecule is CC=CC1CCC(c2ccc(-c3ccc(OCC)c(F)c3F)c(F)c2F)CC1. The molecule has 2 aromatic carbocycles. The fourth-order valence-corrected chi connectivity index (χ4v) is 3.99.